The van der Waals surface area contributed by atoms with Crippen LogP contribution in [0.15, 0.2) is 30.3 Å². The minimum absolute atomic E-state index is 0.352. The third kappa shape index (κ3) is 4.39. The lowest BCUT2D eigenvalue weighted by molar-refractivity contribution is 0.262. The number of rotatable bonds is 6. The molecule has 0 aromatic heterocycles. The van der Waals surface area contributed by atoms with E-state index in [2.05, 4.69) is 10.6 Å². The molecule has 0 atom stereocenters. The van der Waals surface area contributed by atoms with Gasteiger partial charge < -0.3 is 29.6 Å². The maximum atomic E-state index is 12.2. The predicted molar refractivity (Wildman–Crippen MR) is 96.7 cm³/mol. The molecule has 0 aliphatic heterocycles. The van der Waals surface area contributed by atoms with Crippen molar-refractivity contribution < 1.29 is 23.7 Å². The van der Waals surface area contributed by atoms with E-state index in [1.54, 1.807) is 30.3 Å². The van der Waals surface area contributed by atoms with Crippen LogP contribution in [0.2, 0.25) is 5.02 Å². The molecule has 0 radical (unpaired) electrons. The topological polar surface area (TPSA) is 78.1 Å². The third-order valence-corrected chi connectivity index (χ3v) is 3.66. The first-order chi connectivity index (χ1) is 12.0. The van der Waals surface area contributed by atoms with Gasteiger partial charge in [-0.1, -0.05) is 11.6 Å². The van der Waals surface area contributed by atoms with Gasteiger partial charge in [-0.25, -0.2) is 4.79 Å². The van der Waals surface area contributed by atoms with Crippen molar-refractivity contribution in [1.29, 1.82) is 0 Å². The van der Waals surface area contributed by atoms with E-state index in [0.717, 1.165) is 0 Å². The predicted octanol–water partition coefficient (Wildman–Crippen LogP) is 4.02. The first-order valence-electron chi connectivity index (χ1n) is 7.24. The summed E-state index contributed by atoms with van der Waals surface area (Å²) in [5.74, 6) is 1.94. The zero-order chi connectivity index (χ0) is 18.4. The number of methoxy groups -OCH3 is 4. The van der Waals surface area contributed by atoms with Gasteiger partial charge in [0, 0.05) is 17.8 Å². The summed E-state index contributed by atoms with van der Waals surface area (Å²) in [6, 6.07) is 7.71. The van der Waals surface area contributed by atoms with Crippen molar-refractivity contribution in [3.63, 3.8) is 0 Å². The van der Waals surface area contributed by atoms with Crippen LogP contribution in [0.1, 0.15) is 0 Å². The van der Waals surface area contributed by atoms with Crippen LogP contribution in [-0.2, 0) is 0 Å². The molecule has 2 rings (SSSR count). The number of anilines is 2. The van der Waals surface area contributed by atoms with Crippen molar-refractivity contribution in [3.8, 4) is 23.0 Å². The Hall–Kier alpha value is -2.80. The average molecular weight is 367 g/mol. The molecule has 0 unspecified atom stereocenters. The van der Waals surface area contributed by atoms with E-state index in [1.807, 2.05) is 0 Å². The first-order valence-corrected chi connectivity index (χ1v) is 7.61. The second-order valence-electron chi connectivity index (χ2n) is 4.84. The summed E-state index contributed by atoms with van der Waals surface area (Å²) in [5, 5.41) is 5.73. The quantitative estimate of drug-likeness (QED) is 0.807. The highest BCUT2D eigenvalue weighted by Crippen LogP contribution is 2.36. The van der Waals surface area contributed by atoms with Crippen LogP contribution in [0, 0.1) is 0 Å². The number of carbonyl (C=O) groups excluding carboxylic acids is 1. The SMILES string of the molecule is COc1cc(OC)c(NC(=O)Nc2ccc(OC)c(OC)c2)cc1Cl. The van der Waals surface area contributed by atoms with Crippen molar-refractivity contribution in [2.75, 3.05) is 39.1 Å². The molecule has 0 aliphatic rings. The normalized spacial score (nSPS) is 9.96. The summed E-state index contributed by atoms with van der Waals surface area (Å²) in [6.45, 7) is 0. The van der Waals surface area contributed by atoms with Gasteiger partial charge in [-0.15, -0.1) is 0 Å². The van der Waals surface area contributed by atoms with E-state index in [0.29, 0.717) is 39.4 Å². The molecule has 2 aromatic rings. The van der Waals surface area contributed by atoms with Crippen LogP contribution in [0.5, 0.6) is 23.0 Å². The minimum Gasteiger partial charge on any atom is -0.495 e. The molecule has 0 saturated heterocycles. The lowest BCUT2D eigenvalue weighted by Gasteiger charge is -2.14. The number of urea groups is 1. The monoisotopic (exact) mass is 366 g/mol. The Labute approximate surface area is 150 Å². The van der Waals surface area contributed by atoms with Crippen LogP contribution >= 0.6 is 11.6 Å². The highest BCUT2D eigenvalue weighted by molar-refractivity contribution is 6.32. The van der Waals surface area contributed by atoms with Crippen molar-refractivity contribution in [1.82, 2.24) is 0 Å². The van der Waals surface area contributed by atoms with Gasteiger partial charge in [-0.3, -0.25) is 0 Å². The summed E-state index contributed by atoms with van der Waals surface area (Å²) in [5.41, 5.74) is 0.944. The van der Waals surface area contributed by atoms with Gasteiger partial charge in [-0.05, 0) is 18.2 Å². The van der Waals surface area contributed by atoms with Crippen molar-refractivity contribution in [2.24, 2.45) is 0 Å². The van der Waals surface area contributed by atoms with E-state index < -0.39 is 6.03 Å². The molecular weight excluding hydrogens is 348 g/mol. The highest BCUT2D eigenvalue weighted by Gasteiger charge is 2.13. The van der Waals surface area contributed by atoms with Crippen LogP contribution in [-0.4, -0.2) is 34.5 Å². The smallest absolute Gasteiger partial charge is 0.323 e. The Bertz CT molecular complexity index is 767. The van der Waals surface area contributed by atoms with E-state index in [1.165, 1.54) is 28.4 Å². The fraction of sp³-hybridized carbons (Fsp3) is 0.235. The summed E-state index contributed by atoms with van der Waals surface area (Å²) in [7, 11) is 6.04. The average Bonchev–Trinajstić information content (AvgIpc) is 2.61. The van der Waals surface area contributed by atoms with Crippen molar-refractivity contribution in [3.05, 3.63) is 35.4 Å². The van der Waals surface area contributed by atoms with Gasteiger partial charge in [0.25, 0.3) is 0 Å². The van der Waals surface area contributed by atoms with E-state index in [9.17, 15) is 4.79 Å². The van der Waals surface area contributed by atoms with Gasteiger partial charge in [-0.2, -0.15) is 0 Å². The standard InChI is InChI=1S/C17H19ClN2O5/c1-22-13-6-5-10(7-16(13)25-4)19-17(21)20-12-8-11(18)14(23-2)9-15(12)24-3/h5-9H,1-4H3,(H2,19,20,21). The number of hydrogen-bond donors (Lipinski definition) is 2. The van der Waals surface area contributed by atoms with Crippen molar-refractivity contribution >= 4 is 29.0 Å². The number of amides is 2. The highest BCUT2D eigenvalue weighted by atomic mass is 35.5. The molecule has 7 nitrogen and oxygen atoms in total. The fourth-order valence-corrected chi connectivity index (χ4v) is 2.40. The first kappa shape index (κ1) is 18.5. The number of ether oxygens (including phenoxy) is 4. The molecule has 0 spiro atoms. The molecular formula is C17H19ClN2O5. The molecule has 0 saturated carbocycles. The molecule has 2 N–H and O–H groups in total. The molecule has 0 aliphatic carbocycles. The molecule has 2 amide bonds. The van der Waals surface area contributed by atoms with E-state index in [-0.39, 0.29) is 0 Å². The summed E-state index contributed by atoms with van der Waals surface area (Å²) < 4.78 is 20.7. The molecule has 0 fully saturated rings. The minimum atomic E-state index is -0.466. The fourth-order valence-electron chi connectivity index (χ4n) is 2.16. The second kappa shape index (κ2) is 8.34. The summed E-state index contributed by atoms with van der Waals surface area (Å²) in [4.78, 5) is 12.2. The lowest BCUT2D eigenvalue weighted by atomic mass is 10.2. The Morgan fingerprint density at radius 2 is 1.44 bits per heavy atom. The molecule has 2 aromatic carbocycles. The van der Waals surface area contributed by atoms with Crippen LogP contribution < -0.4 is 29.6 Å². The molecule has 0 heterocycles. The summed E-state index contributed by atoms with van der Waals surface area (Å²) in [6.07, 6.45) is 0. The number of hydrogen-bond acceptors (Lipinski definition) is 5. The van der Waals surface area contributed by atoms with E-state index >= 15 is 0 Å². The Morgan fingerprint density at radius 3 is 2.04 bits per heavy atom. The molecule has 8 heteroatoms. The Kier molecular flexibility index (Phi) is 6.19. The zero-order valence-electron chi connectivity index (χ0n) is 14.3. The molecule has 25 heavy (non-hydrogen) atoms. The van der Waals surface area contributed by atoms with Crippen molar-refractivity contribution in [2.45, 2.75) is 0 Å². The maximum Gasteiger partial charge on any atom is 0.323 e. The van der Waals surface area contributed by atoms with Gasteiger partial charge >= 0.3 is 6.03 Å². The third-order valence-electron chi connectivity index (χ3n) is 3.36. The van der Waals surface area contributed by atoms with Crippen LogP contribution in [0.4, 0.5) is 16.2 Å². The maximum absolute atomic E-state index is 12.2. The number of halogens is 1. The number of carbonyl (C=O) groups is 1. The van der Waals surface area contributed by atoms with Gasteiger partial charge in [0.05, 0.1) is 39.1 Å². The van der Waals surface area contributed by atoms with Crippen LogP contribution in [0.3, 0.4) is 0 Å². The van der Waals surface area contributed by atoms with E-state index in [4.69, 9.17) is 30.5 Å². The Morgan fingerprint density at radius 1 is 0.800 bits per heavy atom. The van der Waals surface area contributed by atoms with Gasteiger partial charge in [0.2, 0.25) is 0 Å². The Balaban J connectivity index is 2.16. The molecule has 134 valence electrons. The summed E-state index contributed by atoms with van der Waals surface area (Å²) >= 11 is 6.09. The van der Waals surface area contributed by atoms with Gasteiger partial charge in [0.15, 0.2) is 11.5 Å². The molecule has 0 bridgehead atoms. The zero-order valence-corrected chi connectivity index (χ0v) is 15.1. The number of benzene rings is 2. The van der Waals surface area contributed by atoms with Crippen LogP contribution in [0.25, 0.3) is 0 Å². The second-order valence-corrected chi connectivity index (χ2v) is 5.24. The lowest BCUT2D eigenvalue weighted by Crippen LogP contribution is -2.20. The number of nitrogens with one attached hydrogen (secondary N) is 2. The van der Waals surface area contributed by atoms with Gasteiger partial charge in [0.1, 0.15) is 11.5 Å². The largest absolute Gasteiger partial charge is 0.495 e.